The molecule has 5 heteroatoms. The number of carbonyl (C=O) groups excluding carboxylic acids is 1. The first-order valence-electron chi connectivity index (χ1n) is 7.91. The SMILES string of the molecule is CCc1[nH]nc(NC(=O)C(C)(C)COCc2ccccc2)c1C. The molecule has 5 nitrogen and oxygen atoms in total. The van der Waals surface area contributed by atoms with Gasteiger partial charge in [-0.25, -0.2) is 0 Å². The van der Waals surface area contributed by atoms with Gasteiger partial charge < -0.3 is 10.1 Å². The predicted octanol–water partition coefficient (Wildman–Crippen LogP) is 3.46. The summed E-state index contributed by atoms with van der Waals surface area (Å²) in [5.74, 6) is 0.505. The number of hydrogen-bond donors (Lipinski definition) is 2. The van der Waals surface area contributed by atoms with E-state index in [1.54, 1.807) is 0 Å². The molecular formula is C18H25N3O2. The molecule has 0 unspecified atom stereocenters. The lowest BCUT2D eigenvalue weighted by Crippen LogP contribution is -2.35. The van der Waals surface area contributed by atoms with Crippen LogP contribution in [0.3, 0.4) is 0 Å². The second-order valence-electron chi connectivity index (χ2n) is 6.35. The fourth-order valence-corrected chi connectivity index (χ4v) is 2.24. The van der Waals surface area contributed by atoms with Crippen molar-refractivity contribution in [3.05, 3.63) is 47.2 Å². The summed E-state index contributed by atoms with van der Waals surface area (Å²) in [7, 11) is 0. The minimum atomic E-state index is -0.632. The first-order chi connectivity index (χ1) is 10.9. The lowest BCUT2D eigenvalue weighted by Gasteiger charge is -2.23. The summed E-state index contributed by atoms with van der Waals surface area (Å²) in [5.41, 5.74) is 2.49. The van der Waals surface area contributed by atoms with E-state index >= 15 is 0 Å². The fraction of sp³-hybridized carbons (Fsp3) is 0.444. The molecule has 0 aliphatic carbocycles. The highest BCUT2D eigenvalue weighted by atomic mass is 16.5. The second-order valence-corrected chi connectivity index (χ2v) is 6.35. The van der Waals surface area contributed by atoms with Gasteiger partial charge in [0.05, 0.1) is 18.6 Å². The van der Waals surface area contributed by atoms with E-state index in [4.69, 9.17) is 4.74 Å². The van der Waals surface area contributed by atoms with Gasteiger partial charge in [0.15, 0.2) is 5.82 Å². The van der Waals surface area contributed by atoms with E-state index in [1.165, 1.54) is 0 Å². The van der Waals surface area contributed by atoms with Crippen LogP contribution in [0.15, 0.2) is 30.3 Å². The molecule has 0 fully saturated rings. The Morgan fingerprint density at radius 3 is 2.61 bits per heavy atom. The number of ether oxygens (including phenoxy) is 1. The van der Waals surface area contributed by atoms with Gasteiger partial charge in [0.2, 0.25) is 5.91 Å². The van der Waals surface area contributed by atoms with Crippen molar-refractivity contribution in [2.75, 3.05) is 11.9 Å². The zero-order valence-electron chi connectivity index (χ0n) is 14.3. The monoisotopic (exact) mass is 315 g/mol. The molecule has 1 amide bonds. The van der Waals surface area contributed by atoms with Gasteiger partial charge in [0, 0.05) is 11.3 Å². The molecule has 0 saturated carbocycles. The Kier molecular flexibility index (Phi) is 5.55. The molecule has 0 atom stereocenters. The van der Waals surface area contributed by atoms with Gasteiger partial charge in [-0.2, -0.15) is 5.10 Å². The summed E-state index contributed by atoms with van der Waals surface area (Å²) < 4.78 is 5.71. The average molecular weight is 315 g/mol. The number of amides is 1. The van der Waals surface area contributed by atoms with Crippen LogP contribution >= 0.6 is 0 Å². The van der Waals surface area contributed by atoms with Gasteiger partial charge in [0.1, 0.15) is 0 Å². The fourth-order valence-electron chi connectivity index (χ4n) is 2.24. The van der Waals surface area contributed by atoms with E-state index in [0.29, 0.717) is 19.0 Å². The smallest absolute Gasteiger partial charge is 0.233 e. The molecule has 1 aromatic carbocycles. The molecular weight excluding hydrogens is 290 g/mol. The van der Waals surface area contributed by atoms with Gasteiger partial charge in [-0.05, 0) is 32.8 Å². The number of benzene rings is 1. The highest BCUT2D eigenvalue weighted by Gasteiger charge is 2.29. The third-order valence-electron chi connectivity index (χ3n) is 3.89. The number of anilines is 1. The van der Waals surface area contributed by atoms with Gasteiger partial charge >= 0.3 is 0 Å². The summed E-state index contributed by atoms with van der Waals surface area (Å²) in [4.78, 5) is 12.5. The number of aryl methyl sites for hydroxylation is 1. The Balaban J connectivity index is 1.90. The maximum Gasteiger partial charge on any atom is 0.233 e. The molecule has 2 aromatic rings. The van der Waals surface area contributed by atoms with Crippen molar-refractivity contribution < 1.29 is 9.53 Å². The molecule has 23 heavy (non-hydrogen) atoms. The van der Waals surface area contributed by atoms with E-state index in [2.05, 4.69) is 15.5 Å². The highest BCUT2D eigenvalue weighted by molar-refractivity contribution is 5.94. The zero-order valence-corrected chi connectivity index (χ0v) is 14.3. The second kappa shape index (κ2) is 7.42. The highest BCUT2D eigenvalue weighted by Crippen LogP contribution is 2.22. The van der Waals surface area contributed by atoms with Gasteiger partial charge in [0.25, 0.3) is 0 Å². The van der Waals surface area contributed by atoms with Crippen molar-refractivity contribution in [3.63, 3.8) is 0 Å². The van der Waals surface area contributed by atoms with E-state index in [9.17, 15) is 4.79 Å². The standard InChI is InChI=1S/C18H25N3O2/c1-5-15-13(2)16(21-20-15)19-17(22)18(3,4)12-23-11-14-9-7-6-8-10-14/h6-10H,5,11-12H2,1-4H3,(H2,19,20,21,22). The Labute approximate surface area is 137 Å². The third kappa shape index (κ3) is 4.42. The largest absolute Gasteiger partial charge is 0.376 e. The Hall–Kier alpha value is -2.14. The molecule has 0 aliphatic heterocycles. The molecule has 124 valence electrons. The lowest BCUT2D eigenvalue weighted by molar-refractivity contribution is -0.127. The van der Waals surface area contributed by atoms with Gasteiger partial charge in [-0.3, -0.25) is 9.89 Å². The van der Waals surface area contributed by atoms with Crippen LogP contribution in [0.25, 0.3) is 0 Å². The van der Waals surface area contributed by atoms with Crippen LogP contribution in [0.2, 0.25) is 0 Å². The molecule has 0 saturated heterocycles. The Morgan fingerprint density at radius 1 is 1.30 bits per heavy atom. The van der Waals surface area contributed by atoms with Crippen LogP contribution < -0.4 is 5.32 Å². The Morgan fingerprint density at radius 2 is 2.00 bits per heavy atom. The molecule has 0 bridgehead atoms. The van der Waals surface area contributed by atoms with Gasteiger partial charge in [-0.1, -0.05) is 37.3 Å². The van der Waals surface area contributed by atoms with Crippen molar-refractivity contribution in [3.8, 4) is 0 Å². The molecule has 0 radical (unpaired) electrons. The van der Waals surface area contributed by atoms with Crippen molar-refractivity contribution >= 4 is 11.7 Å². The summed E-state index contributed by atoms with van der Waals surface area (Å²) in [6, 6.07) is 9.93. The quantitative estimate of drug-likeness (QED) is 0.822. The number of aromatic nitrogens is 2. The van der Waals surface area contributed by atoms with Crippen molar-refractivity contribution in [2.45, 2.75) is 40.7 Å². The van der Waals surface area contributed by atoms with Crippen LogP contribution in [-0.2, 0) is 22.6 Å². The number of carbonyl (C=O) groups is 1. The third-order valence-corrected chi connectivity index (χ3v) is 3.89. The topological polar surface area (TPSA) is 67.0 Å². The van der Waals surface area contributed by atoms with Crippen molar-refractivity contribution in [2.24, 2.45) is 5.41 Å². The van der Waals surface area contributed by atoms with E-state index in [0.717, 1.165) is 23.2 Å². The maximum atomic E-state index is 12.5. The molecule has 2 rings (SSSR count). The minimum Gasteiger partial charge on any atom is -0.376 e. The molecule has 2 N–H and O–H groups in total. The van der Waals surface area contributed by atoms with Crippen molar-refractivity contribution in [1.29, 1.82) is 0 Å². The zero-order chi connectivity index (χ0) is 16.9. The molecule has 0 aliphatic rings. The predicted molar refractivity (Wildman–Crippen MR) is 91.2 cm³/mol. The number of hydrogen-bond acceptors (Lipinski definition) is 3. The van der Waals surface area contributed by atoms with E-state index in [1.807, 2.05) is 58.0 Å². The summed E-state index contributed by atoms with van der Waals surface area (Å²) >= 11 is 0. The summed E-state index contributed by atoms with van der Waals surface area (Å²) in [6.07, 6.45) is 0.859. The van der Waals surface area contributed by atoms with Crippen molar-refractivity contribution in [1.82, 2.24) is 10.2 Å². The molecule has 1 aromatic heterocycles. The van der Waals surface area contributed by atoms with Crippen LogP contribution in [0.1, 0.15) is 37.6 Å². The van der Waals surface area contributed by atoms with Crippen LogP contribution in [0, 0.1) is 12.3 Å². The number of aromatic amines is 1. The first-order valence-corrected chi connectivity index (χ1v) is 7.91. The number of nitrogens with one attached hydrogen (secondary N) is 2. The van der Waals surface area contributed by atoms with Crippen LogP contribution in [0.5, 0.6) is 0 Å². The summed E-state index contributed by atoms with van der Waals surface area (Å²) in [6.45, 7) is 8.59. The van der Waals surface area contributed by atoms with Crippen LogP contribution in [-0.4, -0.2) is 22.7 Å². The minimum absolute atomic E-state index is 0.0946. The Bertz CT molecular complexity index is 648. The van der Waals surface area contributed by atoms with Crippen LogP contribution in [0.4, 0.5) is 5.82 Å². The number of H-pyrrole nitrogens is 1. The van der Waals surface area contributed by atoms with E-state index in [-0.39, 0.29) is 5.91 Å². The summed E-state index contributed by atoms with van der Waals surface area (Å²) in [5, 5.41) is 10.0. The van der Waals surface area contributed by atoms with E-state index < -0.39 is 5.41 Å². The lowest BCUT2D eigenvalue weighted by atomic mass is 9.93. The number of nitrogens with zero attached hydrogens (tertiary/aromatic N) is 1. The molecule has 0 spiro atoms. The average Bonchev–Trinajstić information content (AvgIpc) is 2.88. The normalized spacial score (nSPS) is 11.5. The maximum absolute atomic E-state index is 12.5. The molecule has 1 heterocycles. The number of rotatable bonds is 7. The first kappa shape index (κ1) is 17.2. The van der Waals surface area contributed by atoms with Gasteiger partial charge in [-0.15, -0.1) is 0 Å².